The average Bonchev–Trinajstić information content (AvgIpc) is 3.13. The van der Waals surface area contributed by atoms with Crippen molar-refractivity contribution in [2.24, 2.45) is 0 Å². The molecule has 0 saturated heterocycles. The summed E-state index contributed by atoms with van der Waals surface area (Å²) in [6.07, 6.45) is 3.17. The number of aromatic nitrogens is 3. The minimum absolute atomic E-state index is 0.0382. The van der Waals surface area contributed by atoms with E-state index in [1.807, 2.05) is 30.1 Å². The number of amides is 1. The summed E-state index contributed by atoms with van der Waals surface area (Å²) in [4.78, 5) is 22.8. The number of anilines is 1. The first kappa shape index (κ1) is 19.0. The van der Waals surface area contributed by atoms with E-state index in [1.165, 1.54) is 22.7 Å². The molecule has 0 aliphatic carbocycles. The van der Waals surface area contributed by atoms with Crippen LogP contribution in [0.15, 0.2) is 48.7 Å². The highest BCUT2D eigenvalue weighted by atomic mass is 32.1. The Morgan fingerprint density at radius 3 is 2.74 bits per heavy atom. The summed E-state index contributed by atoms with van der Waals surface area (Å²) < 4.78 is 4.41. The smallest absolute Gasteiger partial charge is 0.239 e. The van der Waals surface area contributed by atoms with Gasteiger partial charge >= 0.3 is 0 Å². The Labute approximate surface area is 163 Å². The van der Waals surface area contributed by atoms with E-state index in [2.05, 4.69) is 50.8 Å². The molecule has 1 amide bonds. The van der Waals surface area contributed by atoms with E-state index in [4.69, 9.17) is 0 Å². The van der Waals surface area contributed by atoms with Crippen molar-refractivity contribution < 1.29 is 4.79 Å². The number of hydrogen-bond donors (Lipinski definition) is 1. The summed E-state index contributed by atoms with van der Waals surface area (Å²) in [7, 11) is 1.86. The SMILES string of the molecule is Cc1ccc(Cc2nsc(N(C)CC(=O)NCCc3ccccn3)n2)cc1. The van der Waals surface area contributed by atoms with Gasteiger partial charge in [-0.25, -0.2) is 4.98 Å². The van der Waals surface area contributed by atoms with Crippen LogP contribution in [0.5, 0.6) is 0 Å². The highest BCUT2D eigenvalue weighted by Gasteiger charge is 2.12. The third-order valence-corrected chi connectivity index (χ3v) is 4.95. The summed E-state index contributed by atoms with van der Waals surface area (Å²) in [6, 6.07) is 14.1. The molecule has 0 radical (unpaired) electrons. The molecule has 6 nitrogen and oxygen atoms in total. The molecule has 7 heteroatoms. The predicted octanol–water partition coefficient (Wildman–Crippen LogP) is 2.63. The zero-order valence-corrected chi connectivity index (χ0v) is 16.4. The standard InChI is InChI=1S/C20H23N5OS/c1-15-6-8-16(9-7-15)13-18-23-20(27-24-18)25(2)14-19(26)22-12-10-17-5-3-4-11-21-17/h3-9,11H,10,12-14H2,1-2H3,(H,22,26). The second-order valence-electron chi connectivity index (χ2n) is 6.43. The summed E-state index contributed by atoms with van der Waals surface area (Å²) >= 11 is 1.32. The lowest BCUT2D eigenvalue weighted by atomic mass is 10.1. The fourth-order valence-electron chi connectivity index (χ4n) is 2.58. The maximum atomic E-state index is 12.1. The van der Waals surface area contributed by atoms with Crippen molar-refractivity contribution in [3.05, 3.63) is 71.3 Å². The monoisotopic (exact) mass is 381 g/mol. The number of benzene rings is 1. The molecule has 0 bridgehead atoms. The maximum Gasteiger partial charge on any atom is 0.239 e. The summed E-state index contributed by atoms with van der Waals surface area (Å²) in [6.45, 7) is 2.89. The fraction of sp³-hybridized carbons (Fsp3) is 0.300. The van der Waals surface area contributed by atoms with Gasteiger partial charge in [0.2, 0.25) is 11.0 Å². The van der Waals surface area contributed by atoms with Gasteiger partial charge in [0.05, 0.1) is 6.54 Å². The molecule has 1 aromatic carbocycles. The van der Waals surface area contributed by atoms with E-state index in [9.17, 15) is 4.79 Å². The van der Waals surface area contributed by atoms with Crippen LogP contribution in [0.1, 0.15) is 22.6 Å². The number of pyridine rings is 1. The molecular formula is C20H23N5OS. The Kier molecular flexibility index (Phi) is 6.49. The van der Waals surface area contributed by atoms with Crippen LogP contribution in [-0.2, 0) is 17.6 Å². The van der Waals surface area contributed by atoms with Gasteiger partial charge < -0.3 is 10.2 Å². The summed E-state index contributed by atoms with van der Waals surface area (Å²) in [5, 5.41) is 3.67. The van der Waals surface area contributed by atoms with Crippen molar-refractivity contribution in [3.8, 4) is 0 Å². The molecule has 3 rings (SSSR count). The third kappa shape index (κ3) is 5.86. The van der Waals surface area contributed by atoms with Crippen molar-refractivity contribution in [1.29, 1.82) is 0 Å². The van der Waals surface area contributed by atoms with Crippen molar-refractivity contribution in [2.75, 3.05) is 25.0 Å². The molecule has 2 aromatic heterocycles. The second kappa shape index (κ2) is 9.23. The van der Waals surface area contributed by atoms with Gasteiger partial charge in [-0.05, 0) is 24.6 Å². The van der Waals surface area contributed by atoms with Crippen LogP contribution in [0, 0.1) is 6.92 Å². The molecule has 140 valence electrons. The maximum absolute atomic E-state index is 12.1. The number of aryl methyl sites for hydroxylation is 1. The van der Waals surface area contributed by atoms with Gasteiger partial charge in [-0.3, -0.25) is 9.78 Å². The highest BCUT2D eigenvalue weighted by molar-refractivity contribution is 7.09. The predicted molar refractivity (Wildman–Crippen MR) is 108 cm³/mol. The topological polar surface area (TPSA) is 71.0 Å². The number of likely N-dealkylation sites (N-methyl/N-ethyl adjacent to an activating group) is 1. The number of nitrogens with one attached hydrogen (secondary N) is 1. The van der Waals surface area contributed by atoms with Crippen molar-refractivity contribution >= 4 is 22.6 Å². The van der Waals surface area contributed by atoms with E-state index in [-0.39, 0.29) is 12.5 Å². The van der Waals surface area contributed by atoms with Crippen LogP contribution in [0.3, 0.4) is 0 Å². The van der Waals surface area contributed by atoms with Gasteiger partial charge in [0, 0.05) is 49.9 Å². The first-order chi connectivity index (χ1) is 13.1. The number of rotatable bonds is 8. The number of carbonyl (C=O) groups excluding carboxylic acids is 1. The molecule has 0 aliphatic heterocycles. The van der Waals surface area contributed by atoms with Crippen molar-refractivity contribution in [2.45, 2.75) is 19.8 Å². The fourth-order valence-corrected chi connectivity index (χ4v) is 3.22. The van der Waals surface area contributed by atoms with E-state index < -0.39 is 0 Å². The summed E-state index contributed by atoms with van der Waals surface area (Å²) in [5.74, 6) is 0.741. The molecule has 1 N–H and O–H groups in total. The van der Waals surface area contributed by atoms with Crippen LogP contribution in [0.2, 0.25) is 0 Å². The van der Waals surface area contributed by atoms with Gasteiger partial charge in [0.25, 0.3) is 0 Å². The van der Waals surface area contributed by atoms with Crippen molar-refractivity contribution in [1.82, 2.24) is 19.7 Å². The van der Waals surface area contributed by atoms with Crippen LogP contribution in [0.25, 0.3) is 0 Å². The van der Waals surface area contributed by atoms with Crippen LogP contribution < -0.4 is 10.2 Å². The van der Waals surface area contributed by atoms with Crippen LogP contribution in [-0.4, -0.2) is 40.4 Å². The van der Waals surface area contributed by atoms with Crippen molar-refractivity contribution in [3.63, 3.8) is 0 Å². The Hall–Kier alpha value is -2.80. The second-order valence-corrected chi connectivity index (χ2v) is 7.16. The van der Waals surface area contributed by atoms with Crippen LogP contribution >= 0.6 is 11.5 Å². The first-order valence-electron chi connectivity index (χ1n) is 8.86. The molecule has 0 fully saturated rings. The lowest BCUT2D eigenvalue weighted by Gasteiger charge is -2.14. The summed E-state index contributed by atoms with van der Waals surface area (Å²) in [5.41, 5.74) is 3.38. The minimum Gasteiger partial charge on any atom is -0.354 e. The van der Waals surface area contributed by atoms with E-state index in [1.54, 1.807) is 6.20 Å². The van der Waals surface area contributed by atoms with Gasteiger partial charge in [0.1, 0.15) is 5.82 Å². The lowest BCUT2D eigenvalue weighted by Crippen LogP contribution is -2.36. The van der Waals surface area contributed by atoms with Crippen LogP contribution in [0.4, 0.5) is 5.13 Å². The molecule has 0 unspecified atom stereocenters. The third-order valence-electron chi connectivity index (χ3n) is 4.08. The first-order valence-corrected chi connectivity index (χ1v) is 9.63. The Morgan fingerprint density at radius 1 is 1.19 bits per heavy atom. The average molecular weight is 382 g/mol. The molecule has 0 aliphatic rings. The van der Waals surface area contributed by atoms with E-state index in [0.717, 1.165) is 23.1 Å². The lowest BCUT2D eigenvalue weighted by molar-refractivity contribution is -0.119. The Bertz CT molecular complexity index is 864. The molecule has 2 heterocycles. The molecule has 3 aromatic rings. The quantitative estimate of drug-likeness (QED) is 0.649. The van der Waals surface area contributed by atoms with Gasteiger partial charge in [-0.1, -0.05) is 35.9 Å². The Balaban J connectivity index is 1.46. The zero-order valence-electron chi connectivity index (χ0n) is 15.6. The van der Waals surface area contributed by atoms with E-state index >= 15 is 0 Å². The molecule has 0 atom stereocenters. The molecule has 0 spiro atoms. The molecule has 0 saturated carbocycles. The number of hydrogen-bond acceptors (Lipinski definition) is 6. The number of nitrogens with zero attached hydrogens (tertiary/aromatic N) is 4. The molecule has 27 heavy (non-hydrogen) atoms. The van der Waals surface area contributed by atoms with Gasteiger partial charge in [-0.2, -0.15) is 4.37 Å². The Morgan fingerprint density at radius 2 is 2.00 bits per heavy atom. The largest absolute Gasteiger partial charge is 0.354 e. The molecular weight excluding hydrogens is 358 g/mol. The highest BCUT2D eigenvalue weighted by Crippen LogP contribution is 2.17. The zero-order chi connectivity index (χ0) is 19.1. The van der Waals surface area contributed by atoms with E-state index in [0.29, 0.717) is 13.0 Å². The normalized spacial score (nSPS) is 10.6. The van der Waals surface area contributed by atoms with Gasteiger partial charge in [-0.15, -0.1) is 0 Å². The van der Waals surface area contributed by atoms with Gasteiger partial charge in [0.15, 0.2) is 0 Å². The number of carbonyl (C=O) groups is 1. The minimum atomic E-state index is -0.0382.